The number of aromatic hydroxyl groups is 1. The van der Waals surface area contributed by atoms with Gasteiger partial charge < -0.3 is 10.8 Å². The quantitative estimate of drug-likeness (QED) is 0.435. The molecule has 4 heteroatoms. The van der Waals surface area contributed by atoms with Gasteiger partial charge in [-0.3, -0.25) is 0 Å². The van der Waals surface area contributed by atoms with Crippen LogP contribution in [-0.2, 0) is 5.88 Å². The highest BCUT2D eigenvalue weighted by molar-refractivity contribution is 7.17. The summed E-state index contributed by atoms with van der Waals surface area (Å²) in [4.78, 5) is 0. The summed E-state index contributed by atoms with van der Waals surface area (Å²) in [6.07, 6.45) is 0. The third-order valence-corrected chi connectivity index (χ3v) is 3.25. The predicted octanol–water partition coefficient (Wildman–Crippen LogP) is 2.93. The average molecular weight is 214 g/mol. The van der Waals surface area contributed by atoms with Crippen molar-refractivity contribution in [1.82, 2.24) is 0 Å². The Labute approximate surface area is 84.6 Å². The molecule has 0 aliphatic carbocycles. The highest BCUT2D eigenvalue weighted by Crippen LogP contribution is 2.36. The van der Waals surface area contributed by atoms with Crippen LogP contribution >= 0.6 is 22.9 Å². The second kappa shape index (κ2) is 3.09. The second-order valence-corrected chi connectivity index (χ2v) is 3.94. The van der Waals surface area contributed by atoms with E-state index in [0.717, 1.165) is 15.6 Å². The number of benzene rings is 1. The number of halogens is 1. The Morgan fingerprint density at radius 2 is 2.31 bits per heavy atom. The van der Waals surface area contributed by atoms with Crippen LogP contribution in [0.5, 0.6) is 5.75 Å². The third kappa shape index (κ3) is 1.24. The van der Waals surface area contributed by atoms with Crippen LogP contribution in [0.25, 0.3) is 10.1 Å². The first-order chi connectivity index (χ1) is 6.24. The molecule has 0 bridgehead atoms. The summed E-state index contributed by atoms with van der Waals surface area (Å²) in [6.45, 7) is 0. The van der Waals surface area contributed by atoms with E-state index in [0.29, 0.717) is 11.6 Å². The maximum absolute atomic E-state index is 9.47. The molecule has 0 spiro atoms. The summed E-state index contributed by atoms with van der Waals surface area (Å²) in [5.41, 5.74) is 6.91. The number of rotatable bonds is 1. The minimum atomic E-state index is 0.113. The molecule has 0 radical (unpaired) electrons. The molecule has 13 heavy (non-hydrogen) atoms. The first-order valence-corrected chi connectivity index (χ1v) is 5.19. The van der Waals surface area contributed by atoms with Gasteiger partial charge >= 0.3 is 0 Å². The Kier molecular flexibility index (Phi) is 2.06. The highest BCUT2D eigenvalue weighted by Gasteiger charge is 2.09. The average Bonchev–Trinajstić information content (AvgIpc) is 2.54. The number of nitrogens with two attached hydrogens (primary N) is 1. The fraction of sp³-hybridized carbons (Fsp3) is 0.111. The maximum Gasteiger partial charge on any atom is 0.139 e. The zero-order chi connectivity index (χ0) is 9.42. The van der Waals surface area contributed by atoms with Gasteiger partial charge in [0.05, 0.1) is 11.6 Å². The zero-order valence-electron chi connectivity index (χ0n) is 6.75. The van der Waals surface area contributed by atoms with Gasteiger partial charge in [-0.15, -0.1) is 22.9 Å². The van der Waals surface area contributed by atoms with Crippen LogP contribution in [-0.4, -0.2) is 5.11 Å². The van der Waals surface area contributed by atoms with Crippen molar-refractivity contribution in [2.24, 2.45) is 0 Å². The molecule has 0 fully saturated rings. The van der Waals surface area contributed by atoms with Crippen LogP contribution in [0.4, 0.5) is 5.69 Å². The number of phenolic OH excluding ortho intramolecular Hbond substituents is 1. The van der Waals surface area contributed by atoms with Gasteiger partial charge in [0, 0.05) is 10.3 Å². The van der Waals surface area contributed by atoms with Crippen LogP contribution in [0.2, 0.25) is 0 Å². The van der Waals surface area contributed by atoms with Crippen LogP contribution in [0.1, 0.15) is 5.56 Å². The smallest absolute Gasteiger partial charge is 0.139 e. The van der Waals surface area contributed by atoms with Crippen molar-refractivity contribution < 1.29 is 5.11 Å². The third-order valence-electron chi connectivity index (χ3n) is 2.00. The van der Waals surface area contributed by atoms with Gasteiger partial charge in [0.1, 0.15) is 5.75 Å². The Morgan fingerprint density at radius 1 is 1.54 bits per heavy atom. The van der Waals surface area contributed by atoms with Crippen LogP contribution in [0.3, 0.4) is 0 Å². The van der Waals surface area contributed by atoms with Gasteiger partial charge in [0.2, 0.25) is 0 Å². The van der Waals surface area contributed by atoms with E-state index in [9.17, 15) is 5.11 Å². The second-order valence-electron chi connectivity index (χ2n) is 2.76. The molecule has 1 heterocycles. The molecule has 0 aliphatic rings. The summed E-state index contributed by atoms with van der Waals surface area (Å²) in [5.74, 6) is 0.443. The number of anilines is 1. The van der Waals surface area contributed by atoms with Crippen LogP contribution < -0.4 is 5.73 Å². The Morgan fingerprint density at radius 3 is 3.00 bits per heavy atom. The fourth-order valence-corrected chi connectivity index (χ4v) is 2.61. The van der Waals surface area contributed by atoms with Crippen molar-refractivity contribution in [1.29, 1.82) is 0 Å². The summed E-state index contributed by atoms with van der Waals surface area (Å²) >= 11 is 7.34. The van der Waals surface area contributed by atoms with Gasteiger partial charge in [-0.25, -0.2) is 0 Å². The van der Waals surface area contributed by atoms with E-state index >= 15 is 0 Å². The van der Waals surface area contributed by atoms with Gasteiger partial charge in [-0.05, 0) is 22.9 Å². The standard InChI is InChI=1S/C9H8ClNOS/c10-4-6-8(11)7(12)3-5-1-2-13-9(5)6/h1-3,12H,4,11H2. The van der Waals surface area contributed by atoms with Gasteiger partial charge in [-0.1, -0.05) is 0 Å². The van der Waals surface area contributed by atoms with E-state index in [1.165, 1.54) is 0 Å². The molecule has 2 aromatic rings. The number of hydrogen-bond acceptors (Lipinski definition) is 3. The molecule has 1 aromatic carbocycles. The molecular weight excluding hydrogens is 206 g/mol. The van der Waals surface area contributed by atoms with E-state index < -0.39 is 0 Å². The lowest BCUT2D eigenvalue weighted by atomic mass is 10.1. The van der Waals surface area contributed by atoms with E-state index in [2.05, 4.69) is 0 Å². The van der Waals surface area contributed by atoms with Crippen LogP contribution in [0.15, 0.2) is 17.5 Å². The van der Waals surface area contributed by atoms with E-state index in [4.69, 9.17) is 17.3 Å². The molecule has 0 unspecified atom stereocenters. The van der Waals surface area contributed by atoms with Crippen molar-refractivity contribution in [3.8, 4) is 5.75 Å². The molecule has 0 saturated heterocycles. The first-order valence-electron chi connectivity index (χ1n) is 3.77. The van der Waals surface area contributed by atoms with E-state index in [1.54, 1.807) is 17.4 Å². The van der Waals surface area contributed by atoms with Crippen LogP contribution in [0, 0.1) is 0 Å². The predicted molar refractivity (Wildman–Crippen MR) is 57.5 cm³/mol. The maximum atomic E-state index is 9.47. The van der Waals surface area contributed by atoms with Crippen molar-refractivity contribution in [2.75, 3.05) is 5.73 Å². The van der Waals surface area contributed by atoms with E-state index in [-0.39, 0.29) is 5.75 Å². The number of fused-ring (bicyclic) bond motifs is 1. The molecule has 0 amide bonds. The summed E-state index contributed by atoms with van der Waals surface area (Å²) in [5, 5.41) is 12.4. The number of phenols is 1. The SMILES string of the molecule is Nc1c(O)cc2ccsc2c1CCl. The van der Waals surface area contributed by atoms with Gasteiger partial charge in [-0.2, -0.15) is 0 Å². The molecule has 1 aromatic heterocycles. The number of nitrogen functional groups attached to an aromatic ring is 1. The Hall–Kier alpha value is -0.930. The monoisotopic (exact) mass is 213 g/mol. The largest absolute Gasteiger partial charge is 0.506 e. The van der Waals surface area contributed by atoms with Crippen molar-refractivity contribution in [3.63, 3.8) is 0 Å². The van der Waals surface area contributed by atoms with E-state index in [1.807, 2.05) is 11.4 Å². The Bertz CT molecular complexity index is 452. The molecule has 2 nitrogen and oxygen atoms in total. The first kappa shape index (κ1) is 8.66. The van der Waals surface area contributed by atoms with Gasteiger partial charge in [0.15, 0.2) is 0 Å². The van der Waals surface area contributed by atoms with Crippen molar-refractivity contribution >= 4 is 38.7 Å². The Balaban J connectivity index is 2.87. The molecule has 68 valence electrons. The molecule has 2 rings (SSSR count). The minimum absolute atomic E-state index is 0.113. The number of hydrogen-bond donors (Lipinski definition) is 2. The molecule has 0 saturated carbocycles. The van der Waals surface area contributed by atoms with Gasteiger partial charge in [0.25, 0.3) is 0 Å². The normalized spacial score (nSPS) is 10.8. The lowest BCUT2D eigenvalue weighted by Gasteiger charge is -2.05. The highest BCUT2D eigenvalue weighted by atomic mass is 35.5. The molecule has 0 aliphatic heterocycles. The molecule has 0 atom stereocenters. The summed E-state index contributed by atoms with van der Waals surface area (Å²) < 4.78 is 1.06. The summed E-state index contributed by atoms with van der Waals surface area (Å²) in [6, 6.07) is 3.60. The van der Waals surface area contributed by atoms with Crippen molar-refractivity contribution in [3.05, 3.63) is 23.1 Å². The fourth-order valence-electron chi connectivity index (χ4n) is 1.31. The lowest BCUT2D eigenvalue weighted by Crippen LogP contribution is -1.92. The summed E-state index contributed by atoms with van der Waals surface area (Å²) in [7, 11) is 0. The zero-order valence-corrected chi connectivity index (χ0v) is 8.32. The van der Waals surface area contributed by atoms with Crippen molar-refractivity contribution in [2.45, 2.75) is 5.88 Å². The number of thiophene rings is 1. The molecule has 3 N–H and O–H groups in total. The topological polar surface area (TPSA) is 46.2 Å². The molecular formula is C9H8ClNOS. The lowest BCUT2D eigenvalue weighted by molar-refractivity contribution is 0.478. The minimum Gasteiger partial charge on any atom is -0.506 e. The number of alkyl halides is 1.